The minimum absolute atomic E-state index is 0.226. The van der Waals surface area contributed by atoms with Crippen molar-refractivity contribution < 1.29 is 43.4 Å². The van der Waals surface area contributed by atoms with Crippen molar-refractivity contribution in [2.45, 2.75) is 26.4 Å². The van der Waals surface area contributed by atoms with Gasteiger partial charge in [0.05, 0.1) is 13.1 Å². The van der Waals surface area contributed by atoms with Gasteiger partial charge in [-0.2, -0.15) is 0 Å². The van der Waals surface area contributed by atoms with E-state index in [1.807, 2.05) is 0 Å². The molecule has 2 aromatic carbocycles. The molecule has 0 unspecified atom stereocenters. The van der Waals surface area contributed by atoms with Crippen LogP contribution in [0.5, 0.6) is 0 Å². The maximum Gasteiger partial charge on any atom is 0.408 e. The average molecular weight is 637 g/mol. The minimum Gasteiger partial charge on any atom is -0.480 e. The number of ether oxygens (including phenoxy) is 1. The van der Waals surface area contributed by atoms with Crippen molar-refractivity contribution in [3.8, 4) is 0 Å². The molecule has 0 aliphatic heterocycles. The van der Waals surface area contributed by atoms with Gasteiger partial charge in [-0.3, -0.25) is 28.8 Å². The molecular weight excluding hydrogens is 600 g/mol. The lowest BCUT2D eigenvalue weighted by atomic mass is 10.2. The summed E-state index contributed by atoms with van der Waals surface area (Å²) in [4.78, 5) is 85.4. The highest BCUT2D eigenvalue weighted by Crippen LogP contribution is 2.07. The summed E-state index contributed by atoms with van der Waals surface area (Å²) >= 11 is 0. The van der Waals surface area contributed by atoms with Crippen molar-refractivity contribution in [1.29, 1.82) is 0 Å². The summed E-state index contributed by atoms with van der Waals surface area (Å²) in [5, 5.41) is 22.6. The summed E-state index contributed by atoms with van der Waals surface area (Å²) in [7, 11) is 0. The zero-order valence-electron chi connectivity index (χ0n) is 25.5. The number of aliphatic carboxylic acids is 1. The van der Waals surface area contributed by atoms with Crippen LogP contribution in [0.4, 0.5) is 4.79 Å². The van der Waals surface area contributed by atoms with Crippen LogP contribution in [0.1, 0.15) is 31.9 Å². The normalized spacial score (nSPS) is 11.4. The van der Waals surface area contributed by atoms with Crippen LogP contribution in [-0.4, -0.2) is 78.5 Å². The number of rotatable bonds is 14. The van der Waals surface area contributed by atoms with Crippen LogP contribution in [-0.2, 0) is 33.5 Å². The van der Waals surface area contributed by atoms with E-state index in [0.29, 0.717) is 11.1 Å². The smallest absolute Gasteiger partial charge is 0.408 e. The number of carboxylic acid groups (broad SMARTS) is 1. The van der Waals surface area contributed by atoms with Gasteiger partial charge in [0.1, 0.15) is 30.1 Å². The Hall–Kier alpha value is -5.99. The minimum atomic E-state index is -1.29. The molecule has 0 atom stereocenters. The fraction of sp³-hybridized carbons (Fsp3) is 0.258. The van der Waals surface area contributed by atoms with E-state index in [-0.39, 0.29) is 11.4 Å². The summed E-state index contributed by atoms with van der Waals surface area (Å²) < 4.78 is 5.08. The first-order chi connectivity index (χ1) is 21.7. The molecule has 15 nitrogen and oxygen atoms in total. The van der Waals surface area contributed by atoms with Crippen molar-refractivity contribution in [2.24, 2.45) is 0 Å². The number of nitrogens with one attached hydrogen (secondary N) is 6. The molecule has 0 aromatic heterocycles. The van der Waals surface area contributed by atoms with Crippen LogP contribution in [0, 0.1) is 0 Å². The fourth-order valence-electron chi connectivity index (χ4n) is 3.35. The molecule has 0 fully saturated rings. The van der Waals surface area contributed by atoms with Crippen LogP contribution in [0.2, 0.25) is 0 Å². The molecule has 2 rings (SSSR count). The van der Waals surface area contributed by atoms with Crippen molar-refractivity contribution in [3.05, 3.63) is 83.2 Å². The maximum atomic E-state index is 12.9. The molecule has 7 N–H and O–H groups in total. The number of carbonyl (C=O) groups excluding carboxylic acids is 6. The number of hydrogen-bond acceptors (Lipinski definition) is 8. The quantitative estimate of drug-likeness (QED) is 0.141. The second-order valence-corrected chi connectivity index (χ2v) is 10.4. The number of hydrogen-bond donors (Lipinski definition) is 7. The van der Waals surface area contributed by atoms with Crippen LogP contribution in [0.15, 0.2) is 72.1 Å². The standard InChI is InChI=1S/C31H36N6O9/c1-31(2,3)46-30(45)35-18-26(40)37-22(14-20-10-6-4-7-11-20)28(43)33-16-24(38)32-17-25(39)36-23(29(44)34-19-27(41)42)15-21-12-8-5-9-13-21/h4-15H,16-19H2,1-3H3,(H,32,38)(H,33,43)(H,34,44)(H,35,45)(H,36,39)(H,37,40)(H,41,42)/b22-14+,23-15+. The summed E-state index contributed by atoms with van der Waals surface area (Å²) in [5.41, 5.74) is -0.163. The highest BCUT2D eigenvalue weighted by atomic mass is 16.6. The molecule has 0 bridgehead atoms. The average Bonchev–Trinajstić information content (AvgIpc) is 3.00. The van der Waals surface area contributed by atoms with Crippen molar-refractivity contribution in [2.75, 3.05) is 26.2 Å². The van der Waals surface area contributed by atoms with Gasteiger partial charge in [0.15, 0.2) is 0 Å². The molecule has 0 heterocycles. The molecule has 15 heteroatoms. The van der Waals surface area contributed by atoms with Gasteiger partial charge in [0.2, 0.25) is 17.7 Å². The lowest BCUT2D eigenvalue weighted by Gasteiger charge is -2.19. The number of carboxylic acids is 1. The first-order valence-corrected chi connectivity index (χ1v) is 13.9. The third-order valence-electron chi connectivity index (χ3n) is 5.31. The van der Waals surface area contributed by atoms with Gasteiger partial charge in [-0.15, -0.1) is 0 Å². The summed E-state index contributed by atoms with van der Waals surface area (Å²) in [6.45, 7) is 2.61. The second-order valence-electron chi connectivity index (χ2n) is 10.4. The fourth-order valence-corrected chi connectivity index (χ4v) is 3.35. The van der Waals surface area contributed by atoms with E-state index in [9.17, 15) is 33.6 Å². The number of amides is 6. The Bertz CT molecular complexity index is 1480. The Labute approximate surface area is 264 Å². The molecule has 0 saturated heterocycles. The van der Waals surface area contributed by atoms with E-state index >= 15 is 0 Å². The van der Waals surface area contributed by atoms with Gasteiger partial charge in [0.25, 0.3) is 11.8 Å². The largest absolute Gasteiger partial charge is 0.480 e. The summed E-state index contributed by atoms with van der Waals surface area (Å²) in [6.07, 6.45) is 1.86. The van der Waals surface area contributed by atoms with Gasteiger partial charge in [0, 0.05) is 0 Å². The van der Waals surface area contributed by atoms with E-state index in [1.54, 1.807) is 81.4 Å². The Balaban J connectivity index is 1.98. The number of alkyl carbamates (subject to hydrolysis) is 1. The third-order valence-corrected chi connectivity index (χ3v) is 5.31. The van der Waals surface area contributed by atoms with Crippen LogP contribution in [0.3, 0.4) is 0 Å². The monoisotopic (exact) mass is 636 g/mol. The highest BCUT2D eigenvalue weighted by molar-refractivity contribution is 6.04. The Kier molecular flexibility index (Phi) is 14.1. The van der Waals surface area contributed by atoms with E-state index in [1.165, 1.54) is 12.2 Å². The predicted molar refractivity (Wildman–Crippen MR) is 166 cm³/mol. The van der Waals surface area contributed by atoms with Gasteiger partial charge < -0.3 is 41.7 Å². The third kappa shape index (κ3) is 15.0. The first-order valence-electron chi connectivity index (χ1n) is 13.9. The zero-order valence-corrected chi connectivity index (χ0v) is 25.5. The van der Waals surface area contributed by atoms with E-state index in [4.69, 9.17) is 9.84 Å². The van der Waals surface area contributed by atoms with E-state index < -0.39 is 73.4 Å². The topological polar surface area (TPSA) is 221 Å². The molecule has 0 saturated carbocycles. The van der Waals surface area contributed by atoms with Crippen molar-refractivity contribution in [3.63, 3.8) is 0 Å². The second kappa shape index (κ2) is 18.0. The Morgan fingerprint density at radius 1 is 0.609 bits per heavy atom. The molecule has 6 amide bonds. The SMILES string of the molecule is CC(C)(C)OC(=O)NCC(=O)N/C(=C/c1ccccc1)C(=O)NCC(=O)NCC(=O)N/C(=C/c1ccccc1)C(=O)NCC(=O)O. The van der Waals surface area contributed by atoms with E-state index in [0.717, 1.165) is 0 Å². The molecule has 2 aromatic rings. The number of benzene rings is 2. The molecule has 244 valence electrons. The van der Waals surface area contributed by atoms with Crippen molar-refractivity contribution >= 4 is 53.8 Å². The van der Waals surface area contributed by atoms with Gasteiger partial charge in [-0.1, -0.05) is 60.7 Å². The number of carbonyl (C=O) groups is 7. The summed E-state index contributed by atoms with van der Waals surface area (Å²) in [5.74, 6) is -5.30. The maximum absolute atomic E-state index is 12.9. The van der Waals surface area contributed by atoms with E-state index in [2.05, 4.69) is 31.9 Å². The molecular formula is C31H36N6O9. The molecule has 0 aliphatic carbocycles. The van der Waals surface area contributed by atoms with Gasteiger partial charge >= 0.3 is 12.1 Å². The van der Waals surface area contributed by atoms with Crippen LogP contribution in [0.25, 0.3) is 12.2 Å². The summed E-state index contributed by atoms with van der Waals surface area (Å²) in [6, 6.07) is 17.0. The first kappa shape index (κ1) is 36.2. The lowest BCUT2D eigenvalue weighted by molar-refractivity contribution is -0.137. The lowest BCUT2D eigenvalue weighted by Crippen LogP contribution is -2.45. The van der Waals surface area contributed by atoms with Crippen molar-refractivity contribution in [1.82, 2.24) is 31.9 Å². The Morgan fingerprint density at radius 2 is 1.02 bits per heavy atom. The van der Waals surface area contributed by atoms with Gasteiger partial charge in [-0.25, -0.2) is 4.79 Å². The molecule has 46 heavy (non-hydrogen) atoms. The Morgan fingerprint density at radius 3 is 1.46 bits per heavy atom. The molecule has 0 radical (unpaired) electrons. The van der Waals surface area contributed by atoms with Crippen LogP contribution >= 0.6 is 0 Å². The van der Waals surface area contributed by atoms with Gasteiger partial charge in [-0.05, 0) is 44.1 Å². The van der Waals surface area contributed by atoms with Crippen LogP contribution < -0.4 is 31.9 Å². The predicted octanol–water partition coefficient (Wildman–Crippen LogP) is 0.259. The highest BCUT2D eigenvalue weighted by Gasteiger charge is 2.19. The molecule has 0 spiro atoms. The molecule has 0 aliphatic rings. The zero-order chi connectivity index (χ0) is 34.1.